The van der Waals surface area contributed by atoms with Gasteiger partial charge in [-0.05, 0) is 45.7 Å². The highest BCUT2D eigenvalue weighted by Gasteiger charge is 2.24. The molecule has 20 heavy (non-hydrogen) atoms. The number of carbonyl (C=O) groups excluding carboxylic acids is 1. The number of nitrogens with one attached hydrogen (secondary N) is 1. The van der Waals surface area contributed by atoms with Crippen LogP contribution in [0.25, 0.3) is 0 Å². The van der Waals surface area contributed by atoms with Crippen molar-refractivity contribution in [2.75, 3.05) is 39.3 Å². The molecule has 120 valence electrons. The highest BCUT2D eigenvalue weighted by atomic mass is 35.5. The molecule has 0 aromatic heterocycles. The second-order valence-corrected chi connectivity index (χ2v) is 5.91. The Hall–Kier alpha value is -0.0300. The average molecular weight is 326 g/mol. The maximum atomic E-state index is 12.2. The van der Waals surface area contributed by atoms with Crippen molar-refractivity contribution in [3.8, 4) is 0 Å². The number of hydrogen-bond donors (Lipinski definition) is 1. The molecule has 0 aliphatic carbocycles. The molecule has 0 aromatic carbocycles. The van der Waals surface area contributed by atoms with Gasteiger partial charge in [0.2, 0.25) is 5.91 Å². The molecule has 0 saturated carbocycles. The fraction of sp³-hybridized carbons (Fsp3) is 0.929. The number of halogens is 2. The van der Waals surface area contributed by atoms with Crippen LogP contribution in [-0.4, -0.2) is 61.0 Å². The summed E-state index contributed by atoms with van der Waals surface area (Å²) in [5, 5.41) is 3.35. The van der Waals surface area contributed by atoms with E-state index in [-0.39, 0.29) is 24.8 Å². The fourth-order valence-electron chi connectivity index (χ4n) is 2.95. The van der Waals surface area contributed by atoms with Crippen LogP contribution in [0.15, 0.2) is 0 Å². The Morgan fingerprint density at radius 3 is 2.15 bits per heavy atom. The normalized spacial score (nSPS) is 21.2. The Morgan fingerprint density at radius 1 is 1.10 bits per heavy atom. The van der Waals surface area contributed by atoms with Crippen molar-refractivity contribution in [1.82, 2.24) is 15.1 Å². The summed E-state index contributed by atoms with van der Waals surface area (Å²) >= 11 is 0. The number of piperidine rings is 1. The molecule has 0 radical (unpaired) electrons. The van der Waals surface area contributed by atoms with E-state index in [4.69, 9.17) is 0 Å². The first-order valence-corrected chi connectivity index (χ1v) is 7.39. The summed E-state index contributed by atoms with van der Waals surface area (Å²) in [5.74, 6) is 0.993. The third kappa shape index (κ3) is 5.76. The molecule has 2 heterocycles. The van der Waals surface area contributed by atoms with Gasteiger partial charge in [0.25, 0.3) is 0 Å². The third-order valence-electron chi connectivity index (χ3n) is 4.32. The van der Waals surface area contributed by atoms with Gasteiger partial charge in [-0.3, -0.25) is 9.69 Å². The van der Waals surface area contributed by atoms with E-state index in [1.54, 1.807) is 0 Å². The molecule has 1 N–H and O–H groups in total. The van der Waals surface area contributed by atoms with Crippen molar-refractivity contribution in [2.24, 2.45) is 5.92 Å². The molecule has 0 aromatic rings. The van der Waals surface area contributed by atoms with Crippen molar-refractivity contribution in [3.05, 3.63) is 0 Å². The van der Waals surface area contributed by atoms with Gasteiger partial charge in [-0.2, -0.15) is 0 Å². The molecule has 2 fully saturated rings. The van der Waals surface area contributed by atoms with Crippen LogP contribution in [0.4, 0.5) is 0 Å². The van der Waals surface area contributed by atoms with Crippen LogP contribution in [-0.2, 0) is 4.79 Å². The number of carbonyl (C=O) groups is 1. The van der Waals surface area contributed by atoms with E-state index >= 15 is 0 Å². The minimum Gasteiger partial charge on any atom is -0.340 e. The highest BCUT2D eigenvalue weighted by Crippen LogP contribution is 2.18. The summed E-state index contributed by atoms with van der Waals surface area (Å²) in [6.07, 6.45) is 3.10. The molecule has 4 nitrogen and oxygen atoms in total. The van der Waals surface area contributed by atoms with E-state index in [9.17, 15) is 4.79 Å². The predicted octanol–water partition coefficient (Wildman–Crippen LogP) is 1.77. The van der Waals surface area contributed by atoms with Crippen molar-refractivity contribution in [2.45, 2.75) is 39.2 Å². The number of amides is 1. The monoisotopic (exact) mass is 325 g/mol. The standard InChI is InChI=1S/C14H27N3O.2ClH/c1-12(2)16-7-9-17(10-8-16)14(18)11-13-3-5-15-6-4-13;;/h12-13,15H,3-11H2,1-2H3;2*1H. The Balaban J connectivity index is 0.00000180. The van der Waals surface area contributed by atoms with E-state index in [0.717, 1.165) is 58.5 Å². The molecule has 2 saturated heterocycles. The average Bonchev–Trinajstić information content (AvgIpc) is 2.40. The Morgan fingerprint density at radius 2 is 1.65 bits per heavy atom. The molecular weight excluding hydrogens is 297 g/mol. The zero-order valence-electron chi connectivity index (χ0n) is 12.6. The van der Waals surface area contributed by atoms with Crippen LogP contribution in [0.5, 0.6) is 0 Å². The maximum absolute atomic E-state index is 12.2. The van der Waals surface area contributed by atoms with E-state index in [0.29, 0.717) is 17.9 Å². The van der Waals surface area contributed by atoms with Crippen LogP contribution < -0.4 is 5.32 Å². The first-order chi connectivity index (χ1) is 8.66. The molecule has 6 heteroatoms. The van der Waals surface area contributed by atoms with Gasteiger partial charge in [-0.25, -0.2) is 0 Å². The molecule has 2 aliphatic rings. The lowest BCUT2D eigenvalue weighted by Gasteiger charge is -2.37. The lowest BCUT2D eigenvalue weighted by atomic mass is 9.94. The van der Waals surface area contributed by atoms with Crippen LogP contribution in [0.1, 0.15) is 33.1 Å². The highest BCUT2D eigenvalue weighted by molar-refractivity contribution is 5.85. The van der Waals surface area contributed by atoms with Crippen LogP contribution in [0.2, 0.25) is 0 Å². The smallest absolute Gasteiger partial charge is 0.222 e. The summed E-state index contributed by atoms with van der Waals surface area (Å²) in [7, 11) is 0. The number of nitrogens with zero attached hydrogens (tertiary/aromatic N) is 2. The Bertz CT molecular complexity index is 276. The zero-order chi connectivity index (χ0) is 13.0. The van der Waals surface area contributed by atoms with Crippen molar-refractivity contribution >= 4 is 30.7 Å². The Labute approximate surface area is 135 Å². The van der Waals surface area contributed by atoms with E-state index in [1.165, 1.54) is 0 Å². The molecule has 2 aliphatic heterocycles. The minimum atomic E-state index is 0. The van der Waals surface area contributed by atoms with Gasteiger partial charge in [-0.1, -0.05) is 0 Å². The first-order valence-electron chi connectivity index (χ1n) is 7.39. The Kier molecular flexibility index (Phi) is 9.81. The first kappa shape index (κ1) is 20.0. The van der Waals surface area contributed by atoms with Gasteiger partial charge in [0.1, 0.15) is 0 Å². The maximum Gasteiger partial charge on any atom is 0.222 e. The van der Waals surface area contributed by atoms with Gasteiger partial charge in [0, 0.05) is 38.6 Å². The van der Waals surface area contributed by atoms with Crippen LogP contribution in [0, 0.1) is 5.92 Å². The summed E-state index contributed by atoms with van der Waals surface area (Å²) in [6.45, 7) is 10.5. The van der Waals surface area contributed by atoms with Gasteiger partial charge in [-0.15, -0.1) is 24.8 Å². The third-order valence-corrected chi connectivity index (χ3v) is 4.32. The van der Waals surface area contributed by atoms with Crippen molar-refractivity contribution in [3.63, 3.8) is 0 Å². The van der Waals surface area contributed by atoms with E-state index in [2.05, 4.69) is 29.0 Å². The van der Waals surface area contributed by atoms with Crippen molar-refractivity contribution in [1.29, 1.82) is 0 Å². The summed E-state index contributed by atoms with van der Waals surface area (Å²) in [5.41, 5.74) is 0. The number of rotatable bonds is 3. The van der Waals surface area contributed by atoms with Crippen LogP contribution >= 0.6 is 24.8 Å². The lowest BCUT2D eigenvalue weighted by Crippen LogP contribution is -2.51. The van der Waals surface area contributed by atoms with E-state index in [1.807, 2.05) is 0 Å². The van der Waals surface area contributed by atoms with Gasteiger partial charge < -0.3 is 10.2 Å². The second kappa shape index (κ2) is 9.82. The van der Waals surface area contributed by atoms with Gasteiger partial charge in [0.15, 0.2) is 0 Å². The summed E-state index contributed by atoms with van der Waals surface area (Å²) in [4.78, 5) is 16.8. The van der Waals surface area contributed by atoms with Gasteiger partial charge in [0.05, 0.1) is 0 Å². The molecular formula is C14H29Cl2N3O. The minimum absolute atomic E-state index is 0. The van der Waals surface area contributed by atoms with Gasteiger partial charge >= 0.3 is 0 Å². The molecule has 0 spiro atoms. The topological polar surface area (TPSA) is 35.6 Å². The largest absolute Gasteiger partial charge is 0.340 e. The number of hydrogen-bond acceptors (Lipinski definition) is 3. The fourth-order valence-corrected chi connectivity index (χ4v) is 2.95. The molecule has 0 unspecified atom stereocenters. The molecule has 0 atom stereocenters. The van der Waals surface area contributed by atoms with Crippen molar-refractivity contribution < 1.29 is 4.79 Å². The lowest BCUT2D eigenvalue weighted by molar-refractivity contribution is -0.134. The predicted molar refractivity (Wildman–Crippen MR) is 88.0 cm³/mol. The zero-order valence-corrected chi connectivity index (χ0v) is 14.3. The number of piperazine rings is 1. The van der Waals surface area contributed by atoms with Crippen LogP contribution in [0.3, 0.4) is 0 Å². The summed E-state index contributed by atoms with van der Waals surface area (Å²) in [6, 6.07) is 0.603. The molecule has 1 amide bonds. The second-order valence-electron chi connectivity index (χ2n) is 5.91. The SMILES string of the molecule is CC(C)N1CCN(C(=O)CC2CCNCC2)CC1.Cl.Cl. The molecule has 2 rings (SSSR count). The summed E-state index contributed by atoms with van der Waals surface area (Å²) < 4.78 is 0. The molecule has 0 bridgehead atoms. The van der Waals surface area contributed by atoms with E-state index < -0.39 is 0 Å². The quantitative estimate of drug-likeness (QED) is 0.859.